The number of likely N-dealkylation sites (N-methyl/N-ethyl adjacent to an activating group) is 1. The van der Waals surface area contributed by atoms with E-state index < -0.39 is 0 Å². The highest BCUT2D eigenvalue weighted by molar-refractivity contribution is 6.00. The number of carbonyl (C=O) groups excluding carboxylic acids is 3. The van der Waals surface area contributed by atoms with Crippen LogP contribution in [0.1, 0.15) is 42.7 Å². The number of hydrogen-bond donors (Lipinski definition) is 1. The molecule has 198 valence electrons. The topological polar surface area (TPSA) is 101 Å². The number of nitrogens with zero attached hydrogens (tertiary/aromatic N) is 3. The summed E-state index contributed by atoms with van der Waals surface area (Å²) in [7, 11) is 3.34. The van der Waals surface area contributed by atoms with Crippen molar-refractivity contribution in [1.29, 1.82) is 0 Å². The average Bonchev–Trinajstić information content (AvgIpc) is 3.74. The van der Waals surface area contributed by atoms with Crippen molar-refractivity contribution in [2.24, 2.45) is 11.8 Å². The average molecular weight is 509 g/mol. The van der Waals surface area contributed by atoms with Gasteiger partial charge in [-0.2, -0.15) is 0 Å². The van der Waals surface area contributed by atoms with Crippen molar-refractivity contribution in [2.75, 3.05) is 39.2 Å². The van der Waals surface area contributed by atoms with E-state index in [2.05, 4.69) is 10.3 Å². The highest BCUT2D eigenvalue weighted by Gasteiger charge is 2.32. The third-order valence-corrected chi connectivity index (χ3v) is 7.04. The molecule has 1 aliphatic carbocycles. The predicted molar refractivity (Wildman–Crippen MR) is 139 cm³/mol. The number of rotatable bonds is 5. The number of methoxy groups -OCH3 is 1. The molecule has 1 aliphatic heterocycles. The Morgan fingerprint density at radius 3 is 2.62 bits per heavy atom. The van der Waals surface area contributed by atoms with Crippen molar-refractivity contribution < 1.29 is 23.9 Å². The Morgan fingerprint density at radius 1 is 1.16 bits per heavy atom. The standard InChI is InChI=1S/C28H36N4O5/c1-18-15-32(26(33)14-21-7-5-6-12-29-21)19(2)17-37-24-11-10-22(30-27(34)20-8-9-20)13-23(24)28(35)31(3)16-25(18)36-4/h5-7,10-13,18-20,25H,8-9,14-17H2,1-4H3,(H,30,34)/t18-,19-,25-/m1/s1. The van der Waals surface area contributed by atoms with Crippen LogP contribution in [-0.2, 0) is 20.7 Å². The zero-order valence-corrected chi connectivity index (χ0v) is 22.0. The highest BCUT2D eigenvalue weighted by atomic mass is 16.5. The first-order chi connectivity index (χ1) is 17.8. The van der Waals surface area contributed by atoms with Gasteiger partial charge in [-0.25, -0.2) is 0 Å². The fourth-order valence-corrected chi connectivity index (χ4v) is 4.55. The molecule has 1 aromatic carbocycles. The number of nitrogens with one attached hydrogen (secondary N) is 1. The molecule has 2 aliphatic rings. The molecule has 2 heterocycles. The van der Waals surface area contributed by atoms with Crippen molar-refractivity contribution in [3.63, 3.8) is 0 Å². The summed E-state index contributed by atoms with van der Waals surface area (Å²) in [5.74, 6) is 0.125. The second-order valence-electron chi connectivity index (χ2n) is 10.1. The van der Waals surface area contributed by atoms with Crippen molar-refractivity contribution >= 4 is 23.4 Å². The summed E-state index contributed by atoms with van der Waals surface area (Å²) < 4.78 is 11.9. The van der Waals surface area contributed by atoms with Gasteiger partial charge >= 0.3 is 0 Å². The number of hydrogen-bond acceptors (Lipinski definition) is 6. The maximum Gasteiger partial charge on any atom is 0.257 e. The molecule has 0 unspecified atom stereocenters. The quantitative estimate of drug-likeness (QED) is 0.666. The largest absolute Gasteiger partial charge is 0.491 e. The first kappa shape index (κ1) is 26.6. The van der Waals surface area contributed by atoms with Crippen molar-refractivity contribution in [1.82, 2.24) is 14.8 Å². The van der Waals surface area contributed by atoms with Crippen LogP contribution >= 0.6 is 0 Å². The summed E-state index contributed by atoms with van der Waals surface area (Å²) in [6, 6.07) is 10.4. The molecule has 3 amide bonds. The van der Waals surface area contributed by atoms with Gasteiger partial charge in [-0.15, -0.1) is 0 Å². The molecule has 37 heavy (non-hydrogen) atoms. The molecule has 1 fully saturated rings. The van der Waals surface area contributed by atoms with Gasteiger partial charge in [-0.05, 0) is 50.1 Å². The molecule has 3 atom stereocenters. The molecule has 0 bridgehead atoms. The zero-order valence-electron chi connectivity index (χ0n) is 22.0. The zero-order chi connectivity index (χ0) is 26.5. The van der Waals surface area contributed by atoms with Crippen molar-refractivity contribution in [2.45, 2.75) is 45.3 Å². The third kappa shape index (κ3) is 6.65. The number of aromatic nitrogens is 1. The summed E-state index contributed by atoms with van der Waals surface area (Å²) in [5, 5.41) is 2.91. The lowest BCUT2D eigenvalue weighted by Gasteiger charge is -2.36. The van der Waals surface area contributed by atoms with Gasteiger partial charge in [0.25, 0.3) is 5.91 Å². The van der Waals surface area contributed by atoms with E-state index in [0.29, 0.717) is 35.8 Å². The number of carbonyl (C=O) groups is 3. The van der Waals surface area contributed by atoms with Crippen LogP contribution in [0.4, 0.5) is 5.69 Å². The summed E-state index contributed by atoms with van der Waals surface area (Å²) >= 11 is 0. The Labute approximate surface area is 218 Å². The number of pyridine rings is 1. The molecule has 1 saturated carbocycles. The number of amides is 3. The predicted octanol–water partition coefficient (Wildman–Crippen LogP) is 3.01. The van der Waals surface area contributed by atoms with E-state index in [1.807, 2.05) is 36.9 Å². The van der Waals surface area contributed by atoms with Crippen LogP contribution in [-0.4, -0.2) is 78.5 Å². The molecule has 9 heteroatoms. The molecular weight excluding hydrogens is 472 g/mol. The monoisotopic (exact) mass is 508 g/mol. The first-order valence-electron chi connectivity index (χ1n) is 12.8. The van der Waals surface area contributed by atoms with Crippen LogP contribution in [0.3, 0.4) is 0 Å². The van der Waals surface area contributed by atoms with Crippen LogP contribution in [0.5, 0.6) is 5.75 Å². The minimum Gasteiger partial charge on any atom is -0.491 e. The molecule has 0 saturated heterocycles. The van der Waals surface area contributed by atoms with E-state index in [1.165, 1.54) is 0 Å². The van der Waals surface area contributed by atoms with Gasteiger partial charge in [0.05, 0.1) is 24.1 Å². The number of fused-ring (bicyclic) bond motifs is 1. The molecule has 0 radical (unpaired) electrons. The lowest BCUT2D eigenvalue weighted by molar-refractivity contribution is -0.134. The summed E-state index contributed by atoms with van der Waals surface area (Å²) in [6.07, 6.45) is 3.37. The Balaban J connectivity index is 1.61. The number of anilines is 1. The second kappa shape index (κ2) is 11.7. The molecule has 2 aromatic rings. The number of benzene rings is 1. The fraction of sp³-hybridized carbons (Fsp3) is 0.500. The van der Waals surface area contributed by atoms with Gasteiger partial charge < -0.3 is 24.6 Å². The van der Waals surface area contributed by atoms with Gasteiger partial charge in [-0.1, -0.05) is 13.0 Å². The molecule has 1 N–H and O–H groups in total. The smallest absolute Gasteiger partial charge is 0.257 e. The molecule has 4 rings (SSSR count). The van der Waals surface area contributed by atoms with Crippen LogP contribution < -0.4 is 10.1 Å². The first-order valence-corrected chi connectivity index (χ1v) is 12.8. The SMILES string of the molecule is CO[C@@H]1CN(C)C(=O)c2cc(NC(=O)C3CC3)ccc2OC[C@@H](C)N(C(=O)Cc2ccccn2)C[C@H]1C. The van der Waals surface area contributed by atoms with E-state index >= 15 is 0 Å². The van der Waals surface area contributed by atoms with Gasteiger partial charge in [0, 0.05) is 56.7 Å². The van der Waals surface area contributed by atoms with Crippen LogP contribution in [0.15, 0.2) is 42.6 Å². The van der Waals surface area contributed by atoms with E-state index in [0.717, 1.165) is 12.8 Å². The molecule has 9 nitrogen and oxygen atoms in total. The second-order valence-corrected chi connectivity index (χ2v) is 10.1. The Hall–Kier alpha value is -3.46. The number of ether oxygens (including phenoxy) is 2. The molecule has 0 spiro atoms. The van der Waals surface area contributed by atoms with E-state index in [-0.39, 0.29) is 54.7 Å². The van der Waals surface area contributed by atoms with Crippen LogP contribution in [0.25, 0.3) is 0 Å². The van der Waals surface area contributed by atoms with Gasteiger partial charge in [-0.3, -0.25) is 19.4 Å². The maximum absolute atomic E-state index is 13.5. The van der Waals surface area contributed by atoms with Crippen molar-refractivity contribution in [3.05, 3.63) is 53.9 Å². The summed E-state index contributed by atoms with van der Waals surface area (Å²) in [6.45, 7) is 4.96. The van der Waals surface area contributed by atoms with Gasteiger partial charge in [0.15, 0.2) is 0 Å². The van der Waals surface area contributed by atoms with Crippen LogP contribution in [0, 0.1) is 11.8 Å². The Kier molecular flexibility index (Phi) is 8.43. The fourth-order valence-electron chi connectivity index (χ4n) is 4.55. The molecule has 1 aromatic heterocycles. The van der Waals surface area contributed by atoms with Gasteiger partial charge in [0.1, 0.15) is 12.4 Å². The van der Waals surface area contributed by atoms with Gasteiger partial charge in [0.2, 0.25) is 11.8 Å². The maximum atomic E-state index is 13.5. The summed E-state index contributed by atoms with van der Waals surface area (Å²) in [4.78, 5) is 46.9. The Bertz CT molecular complexity index is 1120. The minimum absolute atomic E-state index is 0.0289. The van der Waals surface area contributed by atoms with Crippen LogP contribution in [0.2, 0.25) is 0 Å². The lowest BCUT2D eigenvalue weighted by atomic mass is 10.0. The Morgan fingerprint density at radius 2 is 1.95 bits per heavy atom. The minimum atomic E-state index is -0.284. The lowest BCUT2D eigenvalue weighted by Crippen LogP contribution is -2.49. The van der Waals surface area contributed by atoms with E-state index in [1.54, 1.807) is 43.5 Å². The highest BCUT2D eigenvalue weighted by Crippen LogP contribution is 2.31. The summed E-state index contributed by atoms with van der Waals surface area (Å²) in [5.41, 5.74) is 1.63. The third-order valence-electron chi connectivity index (χ3n) is 7.04. The molecular formula is C28H36N4O5. The van der Waals surface area contributed by atoms with E-state index in [4.69, 9.17) is 9.47 Å². The van der Waals surface area contributed by atoms with E-state index in [9.17, 15) is 14.4 Å². The van der Waals surface area contributed by atoms with Crippen molar-refractivity contribution in [3.8, 4) is 5.75 Å². The normalized spacial score (nSPS) is 22.8.